The molecule has 2 aromatic carbocycles. The number of rotatable bonds is 11. The van der Waals surface area contributed by atoms with Gasteiger partial charge in [0.05, 0.1) is 5.75 Å². The van der Waals surface area contributed by atoms with Crippen molar-refractivity contribution in [3.05, 3.63) is 70.2 Å². The fourth-order valence-corrected chi connectivity index (χ4v) is 4.24. The van der Waals surface area contributed by atoms with E-state index in [-0.39, 0.29) is 11.8 Å². The molecule has 2 aromatic rings. The van der Waals surface area contributed by atoms with Crippen molar-refractivity contribution < 1.29 is 9.59 Å². The van der Waals surface area contributed by atoms with E-state index < -0.39 is 6.04 Å². The van der Waals surface area contributed by atoms with Crippen LogP contribution in [0.3, 0.4) is 0 Å². The number of hydrogen-bond donors (Lipinski definition) is 1. The number of carbonyl (C=O) groups is 2. The van der Waals surface area contributed by atoms with Gasteiger partial charge in [-0.15, -0.1) is 11.8 Å². The van der Waals surface area contributed by atoms with Crippen LogP contribution in [-0.2, 0) is 21.9 Å². The summed E-state index contributed by atoms with van der Waals surface area (Å²) in [5, 5.41) is 3.59. The average molecular weight is 461 g/mol. The summed E-state index contributed by atoms with van der Waals surface area (Å²) >= 11 is 7.92. The average Bonchev–Trinajstić information content (AvgIpc) is 2.74. The lowest BCUT2D eigenvalue weighted by Crippen LogP contribution is -2.50. The van der Waals surface area contributed by atoms with Gasteiger partial charge in [0.2, 0.25) is 11.8 Å². The van der Waals surface area contributed by atoms with Crippen molar-refractivity contribution in [1.82, 2.24) is 10.2 Å². The summed E-state index contributed by atoms with van der Waals surface area (Å²) in [4.78, 5) is 27.8. The van der Waals surface area contributed by atoms with Gasteiger partial charge in [-0.25, -0.2) is 0 Å². The minimum atomic E-state index is -0.525. The molecule has 2 rings (SSSR count). The summed E-state index contributed by atoms with van der Waals surface area (Å²) in [6, 6.07) is 15.3. The van der Waals surface area contributed by atoms with Gasteiger partial charge in [0.1, 0.15) is 6.04 Å². The topological polar surface area (TPSA) is 49.4 Å². The summed E-state index contributed by atoms with van der Waals surface area (Å²) in [7, 11) is 0. The Morgan fingerprint density at radius 1 is 1.10 bits per heavy atom. The van der Waals surface area contributed by atoms with Gasteiger partial charge in [0.25, 0.3) is 0 Å². The van der Waals surface area contributed by atoms with Crippen molar-refractivity contribution in [2.75, 3.05) is 12.3 Å². The zero-order chi connectivity index (χ0) is 22.8. The van der Waals surface area contributed by atoms with Crippen LogP contribution in [0.5, 0.6) is 0 Å². The highest BCUT2D eigenvalue weighted by Gasteiger charge is 2.28. The molecule has 0 aliphatic carbocycles. The lowest BCUT2D eigenvalue weighted by Gasteiger charge is -2.31. The Morgan fingerprint density at radius 2 is 1.77 bits per heavy atom. The maximum atomic E-state index is 13.2. The molecule has 0 heterocycles. The van der Waals surface area contributed by atoms with Gasteiger partial charge in [-0.05, 0) is 36.5 Å². The summed E-state index contributed by atoms with van der Waals surface area (Å²) in [6.45, 7) is 9.00. The van der Waals surface area contributed by atoms with Crippen LogP contribution in [0.15, 0.2) is 48.5 Å². The number of carbonyl (C=O) groups excluding carboxylic acids is 2. The van der Waals surface area contributed by atoms with E-state index in [0.29, 0.717) is 36.2 Å². The molecule has 0 aliphatic rings. The molecule has 4 nitrogen and oxygen atoms in total. The second-order valence-electron chi connectivity index (χ2n) is 8.15. The molecule has 0 saturated carbocycles. The van der Waals surface area contributed by atoms with Crippen LogP contribution < -0.4 is 5.32 Å². The lowest BCUT2D eigenvalue weighted by atomic mass is 10.1. The van der Waals surface area contributed by atoms with Crippen molar-refractivity contribution in [2.24, 2.45) is 5.92 Å². The van der Waals surface area contributed by atoms with Gasteiger partial charge >= 0.3 is 0 Å². The van der Waals surface area contributed by atoms with Crippen molar-refractivity contribution in [3.8, 4) is 0 Å². The lowest BCUT2D eigenvalue weighted by molar-refractivity contribution is -0.139. The van der Waals surface area contributed by atoms with E-state index >= 15 is 0 Å². The third-order valence-corrected chi connectivity index (χ3v) is 6.34. The first-order valence-electron chi connectivity index (χ1n) is 10.8. The zero-order valence-electron chi connectivity index (χ0n) is 18.9. The molecular weight excluding hydrogens is 428 g/mol. The molecular formula is C25H33ClN2O2S. The quantitative estimate of drug-likeness (QED) is 0.484. The predicted octanol–water partition coefficient (Wildman–Crippen LogP) is 5.46. The molecule has 0 radical (unpaired) electrons. The number of aryl methyl sites for hydroxylation is 1. The molecule has 2 amide bonds. The van der Waals surface area contributed by atoms with Crippen molar-refractivity contribution in [2.45, 2.75) is 52.5 Å². The molecule has 168 valence electrons. The number of hydrogen-bond acceptors (Lipinski definition) is 3. The van der Waals surface area contributed by atoms with Crippen LogP contribution in [0.2, 0.25) is 5.02 Å². The van der Waals surface area contributed by atoms with E-state index in [1.54, 1.807) is 16.7 Å². The SMILES string of the molecule is CC[C@H](C(=O)NCC(C)C)N(Cc1ccccc1Cl)C(=O)CSCc1ccc(C)cc1. The minimum Gasteiger partial charge on any atom is -0.354 e. The van der Waals surface area contributed by atoms with E-state index in [9.17, 15) is 9.59 Å². The van der Waals surface area contributed by atoms with Crippen molar-refractivity contribution >= 4 is 35.2 Å². The van der Waals surface area contributed by atoms with Crippen LogP contribution in [0.25, 0.3) is 0 Å². The van der Waals surface area contributed by atoms with Crippen LogP contribution in [-0.4, -0.2) is 35.1 Å². The maximum Gasteiger partial charge on any atom is 0.242 e. The van der Waals surface area contributed by atoms with E-state index in [4.69, 9.17) is 11.6 Å². The Balaban J connectivity index is 2.12. The van der Waals surface area contributed by atoms with E-state index in [1.807, 2.05) is 31.2 Å². The van der Waals surface area contributed by atoms with Crippen LogP contribution >= 0.6 is 23.4 Å². The number of amides is 2. The second-order valence-corrected chi connectivity index (χ2v) is 9.55. The second kappa shape index (κ2) is 12.8. The molecule has 31 heavy (non-hydrogen) atoms. The van der Waals surface area contributed by atoms with E-state index in [1.165, 1.54) is 11.1 Å². The number of halogens is 1. The summed E-state index contributed by atoms with van der Waals surface area (Å²) in [5.41, 5.74) is 3.24. The van der Waals surface area contributed by atoms with Crippen molar-refractivity contribution in [1.29, 1.82) is 0 Å². The number of thioether (sulfide) groups is 1. The Bertz CT molecular complexity index is 855. The molecule has 0 fully saturated rings. The fraction of sp³-hybridized carbons (Fsp3) is 0.440. The fourth-order valence-electron chi connectivity index (χ4n) is 3.18. The first-order chi connectivity index (χ1) is 14.8. The van der Waals surface area contributed by atoms with Crippen molar-refractivity contribution in [3.63, 3.8) is 0 Å². The molecule has 1 N–H and O–H groups in total. The molecule has 0 spiro atoms. The summed E-state index contributed by atoms with van der Waals surface area (Å²) in [6.07, 6.45) is 0.544. The normalized spacial score (nSPS) is 11.9. The first-order valence-corrected chi connectivity index (χ1v) is 12.3. The molecule has 0 aliphatic heterocycles. The smallest absolute Gasteiger partial charge is 0.242 e. The standard InChI is InChI=1S/C25H33ClN2O2S/c1-5-23(25(30)27-14-18(2)3)28(15-21-8-6-7-9-22(21)26)24(29)17-31-16-20-12-10-19(4)11-13-20/h6-13,18,23H,5,14-17H2,1-4H3,(H,27,30)/t23-/m1/s1. The van der Waals surface area contributed by atoms with Gasteiger partial charge in [-0.3, -0.25) is 9.59 Å². The van der Waals surface area contributed by atoms with Gasteiger partial charge in [-0.1, -0.05) is 80.4 Å². The molecule has 1 atom stereocenters. The maximum absolute atomic E-state index is 13.2. The third-order valence-electron chi connectivity index (χ3n) is 4.98. The highest BCUT2D eigenvalue weighted by atomic mass is 35.5. The number of benzene rings is 2. The van der Waals surface area contributed by atoms with Gasteiger partial charge in [0.15, 0.2) is 0 Å². The number of nitrogens with one attached hydrogen (secondary N) is 1. The van der Waals surface area contributed by atoms with Gasteiger partial charge in [-0.2, -0.15) is 0 Å². The Labute approximate surface area is 195 Å². The molecule has 0 unspecified atom stereocenters. The highest BCUT2D eigenvalue weighted by molar-refractivity contribution is 7.99. The monoisotopic (exact) mass is 460 g/mol. The summed E-state index contributed by atoms with van der Waals surface area (Å²) in [5.74, 6) is 1.25. The van der Waals surface area contributed by atoms with E-state index in [0.717, 1.165) is 11.3 Å². The van der Waals surface area contributed by atoms with E-state index in [2.05, 4.69) is 50.4 Å². The first kappa shape index (κ1) is 25.3. The minimum absolute atomic E-state index is 0.0522. The highest BCUT2D eigenvalue weighted by Crippen LogP contribution is 2.21. The van der Waals surface area contributed by atoms with Gasteiger partial charge < -0.3 is 10.2 Å². The Hall–Kier alpha value is -1.98. The van der Waals surface area contributed by atoms with Crippen LogP contribution in [0.1, 0.15) is 43.9 Å². The largest absolute Gasteiger partial charge is 0.354 e. The van der Waals surface area contributed by atoms with Gasteiger partial charge in [0, 0.05) is 23.9 Å². The molecule has 0 saturated heterocycles. The Kier molecular flexibility index (Phi) is 10.4. The Morgan fingerprint density at radius 3 is 2.39 bits per heavy atom. The third kappa shape index (κ3) is 8.23. The molecule has 0 aromatic heterocycles. The zero-order valence-corrected chi connectivity index (χ0v) is 20.4. The molecule has 0 bridgehead atoms. The van der Waals surface area contributed by atoms with Crippen LogP contribution in [0.4, 0.5) is 0 Å². The predicted molar refractivity (Wildman–Crippen MR) is 131 cm³/mol. The number of nitrogens with zero attached hydrogens (tertiary/aromatic N) is 1. The molecule has 6 heteroatoms. The van der Waals surface area contributed by atoms with Crippen LogP contribution in [0, 0.1) is 12.8 Å². The summed E-state index contributed by atoms with van der Waals surface area (Å²) < 4.78 is 0.